The van der Waals surface area contributed by atoms with E-state index >= 15 is 0 Å². The molecule has 0 heterocycles. The van der Waals surface area contributed by atoms with Crippen LogP contribution in [0, 0.1) is 0 Å². The molecule has 2 unspecified atom stereocenters. The minimum Gasteiger partial charge on any atom is -0.397 e. The number of primary sulfonamides is 1. The van der Waals surface area contributed by atoms with Crippen LogP contribution in [0.4, 0.5) is 11.4 Å². The molecule has 0 radical (unpaired) electrons. The molecule has 0 saturated carbocycles. The third-order valence-electron chi connectivity index (χ3n) is 3.74. The quantitative estimate of drug-likeness (QED) is 0.422. The van der Waals surface area contributed by atoms with Gasteiger partial charge in [0.15, 0.2) is 0 Å². The van der Waals surface area contributed by atoms with Crippen molar-refractivity contribution >= 4 is 39.8 Å². The van der Waals surface area contributed by atoms with Gasteiger partial charge < -0.3 is 20.5 Å². The van der Waals surface area contributed by atoms with Crippen molar-refractivity contribution in [1.82, 2.24) is 0 Å². The molecule has 0 bridgehead atoms. The van der Waals surface area contributed by atoms with Crippen LogP contribution in [0.1, 0.15) is 20.3 Å². The molecular formula is C15H22N3O5PS. The minimum atomic E-state index is -3.92. The summed E-state index contributed by atoms with van der Waals surface area (Å²) in [4.78, 5) is 9.89. The molecule has 2 rings (SSSR count). The first-order valence-electron chi connectivity index (χ1n) is 7.63. The van der Waals surface area contributed by atoms with Crippen molar-refractivity contribution in [1.29, 1.82) is 0 Å². The monoisotopic (exact) mass is 387 g/mol. The summed E-state index contributed by atoms with van der Waals surface area (Å²) >= 11 is 0. The Kier molecular flexibility index (Phi) is 5.75. The molecule has 25 heavy (non-hydrogen) atoms. The van der Waals surface area contributed by atoms with Gasteiger partial charge >= 0.3 is 7.60 Å². The lowest BCUT2D eigenvalue weighted by Gasteiger charge is -2.19. The summed E-state index contributed by atoms with van der Waals surface area (Å²) in [6.45, 7) is 3.54. The zero-order chi connectivity index (χ0) is 18.8. The molecule has 0 spiro atoms. The van der Waals surface area contributed by atoms with Crippen molar-refractivity contribution in [2.24, 2.45) is 5.14 Å². The normalized spacial score (nSPS) is 15.7. The van der Waals surface area contributed by atoms with Crippen LogP contribution in [0.3, 0.4) is 0 Å². The highest BCUT2D eigenvalue weighted by molar-refractivity contribution is 7.89. The molecule has 0 aromatic heterocycles. The second-order valence-electron chi connectivity index (χ2n) is 5.72. The Morgan fingerprint density at radius 2 is 1.96 bits per heavy atom. The molecular weight excluding hydrogens is 365 g/mol. The van der Waals surface area contributed by atoms with E-state index in [1.807, 2.05) is 6.92 Å². The number of rotatable bonds is 7. The van der Waals surface area contributed by atoms with Gasteiger partial charge in [0.25, 0.3) is 0 Å². The number of sulfonamides is 1. The van der Waals surface area contributed by atoms with Crippen LogP contribution in [-0.2, 0) is 19.1 Å². The summed E-state index contributed by atoms with van der Waals surface area (Å²) < 4.78 is 40.7. The van der Waals surface area contributed by atoms with Gasteiger partial charge in [-0.3, -0.25) is 4.57 Å². The molecule has 138 valence electrons. The Bertz CT molecular complexity index is 932. The van der Waals surface area contributed by atoms with Crippen LogP contribution in [0.25, 0.3) is 10.8 Å². The number of fused-ring (bicyclic) bond motifs is 1. The molecule has 0 aliphatic rings. The molecule has 0 aliphatic heterocycles. The number of nitrogens with two attached hydrogens (primary N) is 2. The molecule has 2 aromatic carbocycles. The van der Waals surface area contributed by atoms with Gasteiger partial charge in [0.1, 0.15) is 6.29 Å². The van der Waals surface area contributed by atoms with Gasteiger partial charge in [0.05, 0.1) is 22.4 Å². The third kappa shape index (κ3) is 4.71. The number of hydrogen-bond donors (Lipinski definition) is 4. The zero-order valence-electron chi connectivity index (χ0n) is 14.0. The van der Waals surface area contributed by atoms with E-state index in [-0.39, 0.29) is 17.3 Å². The van der Waals surface area contributed by atoms with E-state index < -0.39 is 17.6 Å². The van der Waals surface area contributed by atoms with Crippen LogP contribution < -0.4 is 16.2 Å². The van der Waals surface area contributed by atoms with Gasteiger partial charge in [-0.25, -0.2) is 13.6 Å². The lowest BCUT2D eigenvalue weighted by atomic mass is 10.1. The summed E-state index contributed by atoms with van der Waals surface area (Å²) in [7, 11) is -7.80. The van der Waals surface area contributed by atoms with Crippen LogP contribution >= 0.6 is 7.60 Å². The van der Waals surface area contributed by atoms with E-state index in [0.29, 0.717) is 28.6 Å². The number of nitrogen functional groups attached to an aromatic ring is 1. The van der Waals surface area contributed by atoms with Crippen LogP contribution in [-0.4, -0.2) is 25.7 Å². The Morgan fingerprint density at radius 1 is 1.28 bits per heavy atom. The fourth-order valence-corrected chi connectivity index (χ4v) is 4.26. The fourth-order valence-electron chi connectivity index (χ4n) is 2.36. The van der Waals surface area contributed by atoms with Gasteiger partial charge in [-0.1, -0.05) is 25.1 Å². The van der Waals surface area contributed by atoms with E-state index in [4.69, 9.17) is 15.4 Å². The Hall–Kier alpha value is -1.64. The average molecular weight is 387 g/mol. The van der Waals surface area contributed by atoms with Crippen molar-refractivity contribution in [3.63, 3.8) is 0 Å². The standard InChI is InChI=1S/C15H22N3O5PS/c1-3-10(2)23-24(19,20)9-18-15-12-5-4-6-14(25(17,21)22)11(12)7-8-13(15)16/h4-8,10,18H,3,9,16H2,1-2H3,(H,19,20)(H2,17,21,22). The topological polar surface area (TPSA) is 145 Å². The smallest absolute Gasteiger partial charge is 0.347 e. The maximum Gasteiger partial charge on any atom is 0.347 e. The van der Waals surface area contributed by atoms with Gasteiger partial charge in [-0.2, -0.15) is 0 Å². The van der Waals surface area contributed by atoms with E-state index in [1.54, 1.807) is 19.1 Å². The van der Waals surface area contributed by atoms with Crippen molar-refractivity contribution in [3.8, 4) is 0 Å². The van der Waals surface area contributed by atoms with Crippen molar-refractivity contribution < 1.29 is 22.4 Å². The molecule has 6 N–H and O–H groups in total. The number of benzene rings is 2. The van der Waals surface area contributed by atoms with Gasteiger partial charge in [-0.15, -0.1) is 0 Å². The van der Waals surface area contributed by atoms with Crippen LogP contribution in [0.15, 0.2) is 35.2 Å². The lowest BCUT2D eigenvalue weighted by molar-refractivity contribution is 0.186. The second kappa shape index (κ2) is 7.31. The number of hydrogen-bond acceptors (Lipinski definition) is 6. The maximum absolute atomic E-state index is 12.1. The lowest BCUT2D eigenvalue weighted by Crippen LogP contribution is -2.14. The highest BCUT2D eigenvalue weighted by Crippen LogP contribution is 2.44. The molecule has 8 nitrogen and oxygen atoms in total. The van der Waals surface area contributed by atoms with Crippen LogP contribution in [0.5, 0.6) is 0 Å². The average Bonchev–Trinajstić information content (AvgIpc) is 2.51. The Balaban J connectivity index is 2.42. The number of anilines is 2. The van der Waals surface area contributed by atoms with Gasteiger partial charge in [-0.05, 0) is 25.5 Å². The molecule has 2 aromatic rings. The van der Waals surface area contributed by atoms with Crippen LogP contribution in [0.2, 0.25) is 0 Å². The molecule has 0 aliphatic carbocycles. The van der Waals surface area contributed by atoms with E-state index in [9.17, 15) is 17.9 Å². The first kappa shape index (κ1) is 19.7. The van der Waals surface area contributed by atoms with Gasteiger partial charge in [0, 0.05) is 10.8 Å². The highest BCUT2D eigenvalue weighted by atomic mass is 32.2. The minimum absolute atomic E-state index is 0.0453. The SMILES string of the molecule is CCC(C)OP(=O)(O)CNc1c(N)ccc2c(S(N)(=O)=O)cccc12. The largest absolute Gasteiger partial charge is 0.397 e. The first-order valence-corrected chi connectivity index (χ1v) is 10.9. The summed E-state index contributed by atoms with van der Waals surface area (Å²) in [5, 5.41) is 8.90. The predicted octanol–water partition coefficient (Wildman–Crippen LogP) is 2.44. The van der Waals surface area contributed by atoms with Gasteiger partial charge in [0.2, 0.25) is 10.0 Å². The highest BCUT2D eigenvalue weighted by Gasteiger charge is 2.23. The molecule has 0 saturated heterocycles. The third-order valence-corrected chi connectivity index (χ3v) is 5.95. The van der Waals surface area contributed by atoms with E-state index in [2.05, 4.69) is 5.32 Å². The maximum atomic E-state index is 12.1. The first-order chi connectivity index (χ1) is 11.5. The zero-order valence-corrected chi connectivity index (χ0v) is 15.7. The summed E-state index contributed by atoms with van der Waals surface area (Å²) in [6, 6.07) is 7.63. The summed E-state index contributed by atoms with van der Waals surface area (Å²) in [5.41, 5.74) is 6.61. The molecule has 0 fully saturated rings. The van der Waals surface area contributed by atoms with Crippen molar-refractivity contribution in [3.05, 3.63) is 30.3 Å². The summed E-state index contributed by atoms with van der Waals surface area (Å²) in [6.07, 6.45) is -0.129. The summed E-state index contributed by atoms with van der Waals surface area (Å²) in [5.74, 6) is 0. The molecule has 10 heteroatoms. The predicted molar refractivity (Wildman–Crippen MR) is 98.9 cm³/mol. The van der Waals surface area contributed by atoms with Crippen molar-refractivity contribution in [2.45, 2.75) is 31.3 Å². The van der Waals surface area contributed by atoms with Crippen molar-refractivity contribution in [2.75, 3.05) is 17.3 Å². The second-order valence-corrected chi connectivity index (χ2v) is 9.05. The Labute approximate surface area is 146 Å². The molecule has 0 amide bonds. The van der Waals surface area contributed by atoms with E-state index in [0.717, 1.165) is 0 Å². The number of nitrogens with one attached hydrogen (secondary N) is 1. The molecule has 2 atom stereocenters. The Morgan fingerprint density at radius 3 is 2.56 bits per heavy atom. The fraction of sp³-hybridized carbons (Fsp3) is 0.333. The van der Waals surface area contributed by atoms with E-state index in [1.165, 1.54) is 18.2 Å².